The summed E-state index contributed by atoms with van der Waals surface area (Å²) < 4.78 is 23.8. The van der Waals surface area contributed by atoms with Crippen LogP contribution in [-0.2, 0) is 17.0 Å². The molecule has 0 amide bonds. The van der Waals surface area contributed by atoms with Crippen molar-refractivity contribution < 1.29 is 18.7 Å². The molecule has 1 saturated carbocycles. The lowest BCUT2D eigenvalue weighted by Gasteiger charge is -2.24. The van der Waals surface area contributed by atoms with E-state index in [0.29, 0.717) is 17.1 Å². The average Bonchev–Trinajstić information content (AvgIpc) is 3.06. The lowest BCUT2D eigenvalue weighted by molar-refractivity contribution is 0.172. The van der Waals surface area contributed by atoms with Gasteiger partial charge in [0.05, 0.1) is 0 Å². The van der Waals surface area contributed by atoms with Crippen LogP contribution in [0.5, 0.6) is 11.5 Å². The second kappa shape index (κ2) is 4.67. The Morgan fingerprint density at radius 1 is 1.32 bits per heavy atom. The molecule has 1 aliphatic carbocycles. The fraction of sp³-hybridized carbons (Fsp3) is 0.500. The van der Waals surface area contributed by atoms with Crippen LogP contribution in [0.1, 0.15) is 36.8 Å². The van der Waals surface area contributed by atoms with Gasteiger partial charge in [-0.05, 0) is 30.5 Å². The molecule has 0 aromatic heterocycles. The maximum Gasteiger partial charge on any atom is 0.235 e. The molecule has 1 fully saturated rings. The van der Waals surface area contributed by atoms with E-state index in [0.717, 1.165) is 31.2 Å². The summed E-state index contributed by atoms with van der Waals surface area (Å²) in [6.07, 6.45) is 5.15. The first-order chi connectivity index (χ1) is 9.29. The highest BCUT2D eigenvalue weighted by Crippen LogP contribution is 2.50. The van der Waals surface area contributed by atoms with Gasteiger partial charge in [-0.25, -0.2) is 9.18 Å². The molecular formula is C14H14FNO3. The Morgan fingerprint density at radius 2 is 2.11 bits per heavy atom. The Bertz CT molecular complexity index is 546. The smallest absolute Gasteiger partial charge is 0.235 e. The highest BCUT2D eigenvalue weighted by Gasteiger charge is 2.40. The molecule has 0 radical (unpaired) electrons. The van der Waals surface area contributed by atoms with Crippen LogP contribution in [0.25, 0.3) is 0 Å². The molecular weight excluding hydrogens is 249 g/mol. The Hall–Kier alpha value is -1.87. The summed E-state index contributed by atoms with van der Waals surface area (Å²) in [6, 6.07) is 3.37. The second-order valence-corrected chi connectivity index (χ2v) is 4.95. The molecule has 1 heterocycles. The van der Waals surface area contributed by atoms with Gasteiger partial charge in [-0.3, -0.25) is 0 Å². The number of alkyl halides is 1. The van der Waals surface area contributed by atoms with E-state index in [-0.39, 0.29) is 6.79 Å². The fourth-order valence-electron chi connectivity index (χ4n) is 2.98. The molecule has 0 N–H and O–H groups in total. The van der Waals surface area contributed by atoms with E-state index in [1.807, 2.05) is 0 Å². The molecule has 5 heteroatoms. The first kappa shape index (κ1) is 12.2. The Morgan fingerprint density at radius 3 is 2.79 bits per heavy atom. The topological polar surface area (TPSA) is 47.9 Å². The predicted octanol–water partition coefficient (Wildman–Crippen LogP) is 2.99. The minimum Gasteiger partial charge on any atom is -0.454 e. The van der Waals surface area contributed by atoms with E-state index in [4.69, 9.17) is 9.47 Å². The molecule has 4 nitrogen and oxygen atoms in total. The van der Waals surface area contributed by atoms with Gasteiger partial charge in [-0.2, -0.15) is 4.99 Å². The zero-order valence-electron chi connectivity index (χ0n) is 10.4. The van der Waals surface area contributed by atoms with Gasteiger partial charge in [0.25, 0.3) is 0 Å². The summed E-state index contributed by atoms with van der Waals surface area (Å²) >= 11 is 0. The number of rotatable bonds is 3. The van der Waals surface area contributed by atoms with Gasteiger partial charge in [-0.15, -0.1) is 0 Å². The van der Waals surface area contributed by atoms with Crippen LogP contribution in [-0.4, -0.2) is 12.9 Å². The summed E-state index contributed by atoms with van der Waals surface area (Å²) in [4.78, 5) is 14.8. The predicted molar refractivity (Wildman–Crippen MR) is 65.6 cm³/mol. The number of fused-ring (bicyclic) bond motifs is 1. The standard InChI is InChI=1S/C14H14FNO3/c15-7-10-5-11(13-12(6-10)18-9-19-13)14(16-8-17)3-1-2-4-14/h5-6H,1-4,7,9H2. The Labute approximate surface area is 110 Å². The number of nitrogens with zero attached hydrogens (tertiary/aromatic N) is 1. The SMILES string of the molecule is O=C=NC1(c2cc(CF)cc3c2OCO3)CCCC1. The zero-order chi connectivity index (χ0) is 13.3. The Balaban J connectivity index is 2.17. The third kappa shape index (κ3) is 1.90. The van der Waals surface area contributed by atoms with Crippen molar-refractivity contribution >= 4 is 6.08 Å². The first-order valence-electron chi connectivity index (χ1n) is 6.37. The summed E-state index contributed by atoms with van der Waals surface area (Å²) in [5, 5.41) is 0. The fourth-order valence-corrected chi connectivity index (χ4v) is 2.98. The zero-order valence-corrected chi connectivity index (χ0v) is 10.4. The monoisotopic (exact) mass is 263 g/mol. The number of carbonyl (C=O) groups excluding carboxylic acids is 1. The van der Waals surface area contributed by atoms with Gasteiger partial charge in [-0.1, -0.05) is 12.8 Å². The number of hydrogen-bond donors (Lipinski definition) is 0. The second-order valence-electron chi connectivity index (χ2n) is 4.95. The van der Waals surface area contributed by atoms with Crippen LogP contribution in [0.3, 0.4) is 0 Å². The van der Waals surface area contributed by atoms with Crippen molar-refractivity contribution in [1.82, 2.24) is 0 Å². The lowest BCUT2D eigenvalue weighted by Crippen LogP contribution is -2.20. The van der Waals surface area contributed by atoms with E-state index < -0.39 is 12.2 Å². The summed E-state index contributed by atoms with van der Waals surface area (Å²) in [5.74, 6) is 1.13. The molecule has 0 saturated heterocycles. The van der Waals surface area contributed by atoms with E-state index in [1.165, 1.54) is 0 Å². The van der Waals surface area contributed by atoms with Crippen molar-refractivity contribution in [3.8, 4) is 11.5 Å². The number of aliphatic imine (C=N–C) groups is 1. The molecule has 1 aromatic rings. The maximum absolute atomic E-state index is 13.0. The van der Waals surface area contributed by atoms with E-state index in [2.05, 4.69) is 4.99 Å². The summed E-state index contributed by atoms with van der Waals surface area (Å²) in [5.41, 5.74) is 0.660. The molecule has 0 atom stereocenters. The van der Waals surface area contributed by atoms with Crippen molar-refractivity contribution in [2.45, 2.75) is 37.9 Å². The quantitative estimate of drug-likeness (QED) is 0.622. The average molecular weight is 263 g/mol. The number of isocyanates is 1. The molecule has 19 heavy (non-hydrogen) atoms. The minimum absolute atomic E-state index is 0.124. The summed E-state index contributed by atoms with van der Waals surface area (Å²) in [6.45, 7) is -0.455. The van der Waals surface area contributed by atoms with Gasteiger partial charge in [0.2, 0.25) is 12.9 Å². The van der Waals surface area contributed by atoms with E-state index in [9.17, 15) is 9.18 Å². The molecule has 0 spiro atoms. The number of benzene rings is 1. The molecule has 2 aliphatic rings. The van der Waals surface area contributed by atoms with Gasteiger partial charge in [0.1, 0.15) is 12.2 Å². The normalized spacial score (nSPS) is 19.2. The van der Waals surface area contributed by atoms with Crippen LogP contribution >= 0.6 is 0 Å². The van der Waals surface area contributed by atoms with Crippen LogP contribution < -0.4 is 9.47 Å². The van der Waals surface area contributed by atoms with Crippen LogP contribution in [0, 0.1) is 0 Å². The van der Waals surface area contributed by atoms with E-state index >= 15 is 0 Å². The van der Waals surface area contributed by atoms with Crippen molar-refractivity contribution in [3.05, 3.63) is 23.3 Å². The highest BCUT2D eigenvalue weighted by molar-refractivity contribution is 5.55. The van der Waals surface area contributed by atoms with Crippen molar-refractivity contribution in [3.63, 3.8) is 0 Å². The van der Waals surface area contributed by atoms with Crippen LogP contribution in [0.4, 0.5) is 4.39 Å². The van der Waals surface area contributed by atoms with Crippen molar-refractivity contribution in [2.24, 2.45) is 4.99 Å². The van der Waals surface area contributed by atoms with Gasteiger partial charge in [0, 0.05) is 5.56 Å². The number of halogens is 1. The van der Waals surface area contributed by atoms with Crippen molar-refractivity contribution in [2.75, 3.05) is 6.79 Å². The number of hydrogen-bond acceptors (Lipinski definition) is 4. The van der Waals surface area contributed by atoms with Gasteiger partial charge < -0.3 is 9.47 Å². The first-order valence-corrected chi connectivity index (χ1v) is 6.37. The Kier molecular flexibility index (Phi) is 2.99. The highest BCUT2D eigenvalue weighted by atomic mass is 19.1. The number of ether oxygens (including phenoxy) is 2. The minimum atomic E-state index is -0.620. The molecule has 0 bridgehead atoms. The van der Waals surface area contributed by atoms with E-state index in [1.54, 1.807) is 18.2 Å². The van der Waals surface area contributed by atoms with Crippen LogP contribution in [0.15, 0.2) is 17.1 Å². The summed E-state index contributed by atoms with van der Waals surface area (Å²) in [7, 11) is 0. The van der Waals surface area contributed by atoms with Gasteiger partial charge in [0.15, 0.2) is 11.5 Å². The van der Waals surface area contributed by atoms with Gasteiger partial charge >= 0.3 is 0 Å². The maximum atomic E-state index is 13.0. The van der Waals surface area contributed by atoms with Crippen LogP contribution in [0.2, 0.25) is 0 Å². The molecule has 0 unspecified atom stereocenters. The third-order valence-corrected chi connectivity index (χ3v) is 3.88. The molecule has 100 valence electrons. The van der Waals surface area contributed by atoms with Crippen molar-refractivity contribution in [1.29, 1.82) is 0 Å². The molecule has 3 rings (SSSR count). The molecule has 1 aromatic carbocycles. The lowest BCUT2D eigenvalue weighted by atomic mass is 9.87. The molecule has 1 aliphatic heterocycles. The largest absolute Gasteiger partial charge is 0.454 e. The third-order valence-electron chi connectivity index (χ3n) is 3.88.